The summed E-state index contributed by atoms with van der Waals surface area (Å²) >= 11 is 0. The van der Waals surface area contributed by atoms with Crippen molar-refractivity contribution in [1.82, 2.24) is 0 Å². The van der Waals surface area contributed by atoms with Crippen LogP contribution < -0.4 is 0 Å². The summed E-state index contributed by atoms with van der Waals surface area (Å²) in [6.45, 7) is 5.92. The van der Waals surface area contributed by atoms with Crippen LogP contribution in [-0.2, 0) is 4.79 Å². The summed E-state index contributed by atoms with van der Waals surface area (Å²) in [6.07, 6.45) is 4.74. The van der Waals surface area contributed by atoms with Crippen LogP contribution in [0.3, 0.4) is 0 Å². The smallest absolute Gasteiger partial charge is 0.135 e. The number of allylic oxidation sites excluding steroid dienone is 1. The normalized spacial score (nSPS) is 38.1. The lowest BCUT2D eigenvalue weighted by atomic mass is 9.85. The monoisotopic (exact) mass is 240 g/mol. The largest absolute Gasteiger partial charge is 0.393 e. The van der Waals surface area contributed by atoms with Crippen molar-refractivity contribution < 1.29 is 15.0 Å². The molecule has 0 aromatic heterocycles. The predicted molar refractivity (Wildman–Crippen MR) is 67.6 cm³/mol. The molecule has 98 valence electrons. The second-order valence-electron chi connectivity index (χ2n) is 5.76. The second-order valence-corrected chi connectivity index (χ2v) is 5.76. The van der Waals surface area contributed by atoms with Gasteiger partial charge in [0.2, 0.25) is 0 Å². The Morgan fingerprint density at radius 2 is 2.12 bits per heavy atom. The number of hydrogen-bond donors (Lipinski definition) is 2. The third-order valence-corrected chi connectivity index (χ3v) is 3.43. The van der Waals surface area contributed by atoms with E-state index in [1.54, 1.807) is 13.0 Å². The maximum Gasteiger partial charge on any atom is 0.135 e. The minimum Gasteiger partial charge on any atom is -0.393 e. The van der Waals surface area contributed by atoms with E-state index in [1.807, 2.05) is 6.08 Å². The SMILES string of the molecule is CC(C)[C@H]1/C=C\[C@](C)(O)C[C@H](O)CC(=O)CC1. The van der Waals surface area contributed by atoms with Gasteiger partial charge < -0.3 is 10.2 Å². The Labute approximate surface area is 104 Å². The maximum atomic E-state index is 11.6. The van der Waals surface area contributed by atoms with Crippen LogP contribution in [0.2, 0.25) is 0 Å². The van der Waals surface area contributed by atoms with Gasteiger partial charge in [-0.2, -0.15) is 0 Å². The molecule has 0 aliphatic heterocycles. The first-order chi connectivity index (χ1) is 7.80. The van der Waals surface area contributed by atoms with Gasteiger partial charge in [0.1, 0.15) is 5.78 Å². The molecule has 3 heteroatoms. The van der Waals surface area contributed by atoms with Crippen LogP contribution in [-0.4, -0.2) is 27.7 Å². The average Bonchev–Trinajstić information content (AvgIpc) is 2.14. The van der Waals surface area contributed by atoms with Gasteiger partial charge in [-0.1, -0.05) is 26.0 Å². The number of carbonyl (C=O) groups excluding carboxylic acids is 1. The molecule has 0 spiro atoms. The van der Waals surface area contributed by atoms with Gasteiger partial charge >= 0.3 is 0 Å². The highest BCUT2D eigenvalue weighted by Gasteiger charge is 2.25. The molecule has 2 N–H and O–H groups in total. The number of rotatable bonds is 1. The summed E-state index contributed by atoms with van der Waals surface area (Å²) in [4.78, 5) is 11.6. The Bertz CT molecular complexity index is 292. The van der Waals surface area contributed by atoms with E-state index in [4.69, 9.17) is 0 Å². The van der Waals surface area contributed by atoms with Crippen molar-refractivity contribution in [3.8, 4) is 0 Å². The van der Waals surface area contributed by atoms with E-state index in [2.05, 4.69) is 13.8 Å². The fourth-order valence-corrected chi connectivity index (χ4v) is 2.29. The zero-order chi connectivity index (χ0) is 13.1. The van der Waals surface area contributed by atoms with E-state index in [0.29, 0.717) is 18.3 Å². The summed E-state index contributed by atoms with van der Waals surface area (Å²) in [5.74, 6) is 0.870. The van der Waals surface area contributed by atoms with Crippen LogP contribution in [0.4, 0.5) is 0 Å². The van der Waals surface area contributed by atoms with Crippen LogP contribution in [0.5, 0.6) is 0 Å². The van der Waals surface area contributed by atoms with Gasteiger partial charge in [-0.25, -0.2) is 0 Å². The first-order valence-corrected chi connectivity index (χ1v) is 6.41. The number of carbonyl (C=O) groups is 1. The van der Waals surface area contributed by atoms with Gasteiger partial charge in [0, 0.05) is 19.3 Å². The molecule has 0 saturated carbocycles. The molecular weight excluding hydrogens is 216 g/mol. The number of Topliss-reactive ketones (excluding diaryl/α,β-unsaturated/α-hetero) is 1. The molecule has 0 bridgehead atoms. The molecule has 1 aliphatic carbocycles. The van der Waals surface area contributed by atoms with Gasteiger partial charge in [0.05, 0.1) is 11.7 Å². The van der Waals surface area contributed by atoms with Gasteiger partial charge in [0.25, 0.3) is 0 Å². The fourth-order valence-electron chi connectivity index (χ4n) is 2.29. The van der Waals surface area contributed by atoms with E-state index in [9.17, 15) is 15.0 Å². The standard InChI is InChI=1S/C14H24O3/c1-10(2)11-4-5-12(15)8-13(16)9-14(3,17)7-6-11/h6-7,10-11,13,16-17H,4-5,8-9H2,1-3H3/b7-6-/t11-,13-,14+/m1/s1. The van der Waals surface area contributed by atoms with Crippen molar-refractivity contribution in [3.63, 3.8) is 0 Å². The molecule has 0 aromatic carbocycles. The van der Waals surface area contributed by atoms with Gasteiger partial charge in [0.15, 0.2) is 0 Å². The summed E-state index contributed by atoms with van der Waals surface area (Å²) in [5.41, 5.74) is -1.02. The fraction of sp³-hybridized carbons (Fsp3) is 0.786. The van der Waals surface area contributed by atoms with Gasteiger partial charge in [-0.15, -0.1) is 0 Å². The third-order valence-electron chi connectivity index (χ3n) is 3.43. The highest BCUT2D eigenvalue weighted by Crippen LogP contribution is 2.25. The molecule has 0 radical (unpaired) electrons. The Hall–Kier alpha value is -0.670. The zero-order valence-electron chi connectivity index (χ0n) is 11.0. The van der Waals surface area contributed by atoms with Crippen LogP contribution >= 0.6 is 0 Å². The van der Waals surface area contributed by atoms with Crippen LogP contribution in [0.25, 0.3) is 0 Å². The number of aliphatic hydroxyl groups is 2. The highest BCUT2D eigenvalue weighted by atomic mass is 16.3. The van der Waals surface area contributed by atoms with E-state index < -0.39 is 11.7 Å². The molecule has 0 saturated heterocycles. The molecule has 0 amide bonds. The quantitative estimate of drug-likeness (QED) is 0.690. The lowest BCUT2D eigenvalue weighted by molar-refractivity contribution is -0.121. The topological polar surface area (TPSA) is 57.5 Å². The van der Waals surface area contributed by atoms with E-state index in [0.717, 1.165) is 6.42 Å². The first kappa shape index (κ1) is 14.4. The van der Waals surface area contributed by atoms with Crippen LogP contribution in [0, 0.1) is 11.8 Å². The summed E-state index contributed by atoms with van der Waals surface area (Å²) in [5, 5.41) is 19.8. The minimum absolute atomic E-state index is 0.0919. The molecular formula is C14H24O3. The maximum absolute atomic E-state index is 11.6. The molecule has 0 fully saturated rings. The molecule has 1 rings (SSSR count). The van der Waals surface area contributed by atoms with Crippen molar-refractivity contribution in [2.45, 2.75) is 58.2 Å². The van der Waals surface area contributed by atoms with E-state index in [1.165, 1.54) is 0 Å². The summed E-state index contributed by atoms with van der Waals surface area (Å²) in [6, 6.07) is 0. The summed E-state index contributed by atoms with van der Waals surface area (Å²) in [7, 11) is 0. The minimum atomic E-state index is -1.02. The van der Waals surface area contributed by atoms with Crippen molar-refractivity contribution in [2.24, 2.45) is 11.8 Å². The Morgan fingerprint density at radius 3 is 2.71 bits per heavy atom. The lowest BCUT2D eigenvalue weighted by Gasteiger charge is -2.26. The Morgan fingerprint density at radius 1 is 1.47 bits per heavy atom. The number of aliphatic hydroxyl groups excluding tert-OH is 1. The molecule has 3 nitrogen and oxygen atoms in total. The van der Waals surface area contributed by atoms with Gasteiger partial charge in [-0.05, 0) is 25.2 Å². The second kappa shape index (κ2) is 5.78. The van der Waals surface area contributed by atoms with Crippen molar-refractivity contribution >= 4 is 5.78 Å². The molecule has 1 aliphatic rings. The van der Waals surface area contributed by atoms with E-state index in [-0.39, 0.29) is 18.6 Å². The first-order valence-electron chi connectivity index (χ1n) is 6.41. The average molecular weight is 240 g/mol. The Balaban J connectivity index is 2.84. The lowest BCUT2D eigenvalue weighted by Crippen LogP contribution is -2.30. The molecule has 0 heterocycles. The van der Waals surface area contributed by atoms with Gasteiger partial charge in [-0.3, -0.25) is 4.79 Å². The molecule has 3 atom stereocenters. The van der Waals surface area contributed by atoms with E-state index >= 15 is 0 Å². The number of hydrogen-bond acceptors (Lipinski definition) is 3. The highest BCUT2D eigenvalue weighted by molar-refractivity contribution is 5.78. The molecule has 0 aromatic rings. The summed E-state index contributed by atoms with van der Waals surface area (Å²) < 4.78 is 0. The van der Waals surface area contributed by atoms with Crippen LogP contribution in [0.15, 0.2) is 12.2 Å². The van der Waals surface area contributed by atoms with Crippen molar-refractivity contribution in [3.05, 3.63) is 12.2 Å². The Kier molecular flexibility index (Phi) is 4.90. The van der Waals surface area contributed by atoms with Crippen molar-refractivity contribution in [1.29, 1.82) is 0 Å². The zero-order valence-corrected chi connectivity index (χ0v) is 11.0. The molecule has 0 unspecified atom stereocenters. The van der Waals surface area contributed by atoms with Crippen LogP contribution in [0.1, 0.15) is 46.5 Å². The van der Waals surface area contributed by atoms with Crippen molar-refractivity contribution in [2.75, 3.05) is 0 Å². The number of ketones is 1. The predicted octanol–water partition coefficient (Wildman–Crippen LogP) is 2.07. The third kappa shape index (κ3) is 5.00. The molecule has 17 heavy (non-hydrogen) atoms.